The molecule has 0 spiro atoms. The summed E-state index contributed by atoms with van der Waals surface area (Å²) in [5, 5.41) is 2.76. The average molecular weight is 333 g/mol. The summed E-state index contributed by atoms with van der Waals surface area (Å²) < 4.78 is 0.695. The van der Waals surface area contributed by atoms with Gasteiger partial charge in [0.15, 0.2) is 0 Å². The molecule has 3 N–H and O–H groups in total. The summed E-state index contributed by atoms with van der Waals surface area (Å²) in [4.78, 5) is 28.2. The lowest BCUT2D eigenvalue weighted by Crippen LogP contribution is -2.21. The third-order valence-corrected chi connectivity index (χ3v) is 3.66. The molecule has 2 rings (SSSR count). The molecule has 0 aliphatic carbocycles. The lowest BCUT2D eigenvalue weighted by molar-refractivity contribution is -0.118. The minimum Gasteiger partial charge on any atom is -0.325 e. The van der Waals surface area contributed by atoms with E-state index < -0.39 is 0 Å². The van der Waals surface area contributed by atoms with Crippen molar-refractivity contribution in [1.29, 1.82) is 0 Å². The number of hydrogen-bond donors (Lipinski definition) is 3. The second-order valence-corrected chi connectivity index (χ2v) is 5.16. The second-order valence-electron chi connectivity index (χ2n) is 4.00. The van der Waals surface area contributed by atoms with Crippen LogP contribution in [0, 0.1) is 5.92 Å². The number of aromatic amines is 2. The van der Waals surface area contributed by atoms with Gasteiger partial charge in [-0.25, -0.2) is 4.79 Å². The Morgan fingerprint density at radius 1 is 1.44 bits per heavy atom. The first-order valence-corrected chi connectivity index (χ1v) is 6.62. The highest BCUT2D eigenvalue weighted by atomic mass is 79.9. The highest BCUT2D eigenvalue weighted by molar-refractivity contribution is 9.10. The Labute approximate surface area is 116 Å². The molecule has 1 unspecified atom stereocenters. The van der Waals surface area contributed by atoms with Crippen molar-refractivity contribution in [3.8, 4) is 0 Å². The number of fused-ring (bicyclic) bond motifs is 1. The summed E-state index contributed by atoms with van der Waals surface area (Å²) in [6, 6.07) is 3.42. The second kappa shape index (κ2) is 5.16. The smallest absolute Gasteiger partial charge is 0.323 e. The molecule has 96 valence electrons. The van der Waals surface area contributed by atoms with E-state index in [2.05, 4.69) is 31.2 Å². The first-order chi connectivity index (χ1) is 8.51. The summed E-state index contributed by atoms with van der Waals surface area (Å²) in [7, 11) is 0. The predicted octanol–water partition coefficient (Wildman–Crippen LogP) is 2.43. The van der Waals surface area contributed by atoms with Gasteiger partial charge in [0.1, 0.15) is 0 Å². The van der Waals surface area contributed by atoms with Crippen LogP contribution in [0.2, 0.25) is 0 Å². The van der Waals surface area contributed by atoms with Gasteiger partial charge in [-0.2, -0.15) is 0 Å². The van der Waals surface area contributed by atoms with Crippen LogP contribution in [-0.4, -0.2) is 21.8 Å². The van der Waals surface area contributed by atoms with Crippen molar-refractivity contribution >= 4 is 50.2 Å². The molecule has 0 aliphatic heterocycles. The highest BCUT2D eigenvalue weighted by Crippen LogP contribution is 2.26. The van der Waals surface area contributed by atoms with Crippen molar-refractivity contribution in [2.45, 2.75) is 6.92 Å². The largest absolute Gasteiger partial charge is 0.325 e. The molecule has 1 atom stereocenters. The average Bonchev–Trinajstić information content (AvgIpc) is 2.67. The van der Waals surface area contributed by atoms with Gasteiger partial charge in [0, 0.05) is 16.3 Å². The van der Waals surface area contributed by atoms with Crippen LogP contribution >= 0.6 is 27.5 Å². The van der Waals surface area contributed by atoms with Gasteiger partial charge in [-0.1, -0.05) is 6.92 Å². The zero-order chi connectivity index (χ0) is 13.3. The molecule has 1 aromatic heterocycles. The predicted molar refractivity (Wildman–Crippen MR) is 75.1 cm³/mol. The van der Waals surface area contributed by atoms with Crippen LogP contribution in [0.4, 0.5) is 5.69 Å². The first kappa shape index (κ1) is 13.2. The van der Waals surface area contributed by atoms with Crippen molar-refractivity contribution in [2.75, 3.05) is 11.2 Å². The number of alkyl halides is 1. The molecule has 1 amide bonds. The lowest BCUT2D eigenvalue weighted by Gasteiger charge is -2.10. The molecular formula is C11H11BrClN3O2. The third-order valence-electron chi connectivity index (χ3n) is 2.54. The number of aromatic nitrogens is 2. The van der Waals surface area contributed by atoms with Gasteiger partial charge in [-0.05, 0) is 28.1 Å². The number of halogens is 2. The zero-order valence-corrected chi connectivity index (χ0v) is 11.9. The summed E-state index contributed by atoms with van der Waals surface area (Å²) >= 11 is 8.97. The summed E-state index contributed by atoms with van der Waals surface area (Å²) in [6.45, 7) is 1.74. The molecule has 0 bridgehead atoms. The Bertz CT molecular complexity index is 649. The van der Waals surface area contributed by atoms with E-state index in [9.17, 15) is 9.59 Å². The van der Waals surface area contributed by atoms with E-state index in [0.717, 1.165) is 0 Å². The van der Waals surface area contributed by atoms with E-state index >= 15 is 0 Å². The number of carbonyl (C=O) groups excluding carboxylic acids is 1. The van der Waals surface area contributed by atoms with Crippen LogP contribution in [0.15, 0.2) is 21.4 Å². The van der Waals surface area contributed by atoms with E-state index in [4.69, 9.17) is 11.6 Å². The molecule has 2 aromatic rings. The van der Waals surface area contributed by atoms with Crippen molar-refractivity contribution in [2.24, 2.45) is 5.92 Å². The Morgan fingerprint density at radius 3 is 2.67 bits per heavy atom. The van der Waals surface area contributed by atoms with Crippen LogP contribution in [0.1, 0.15) is 6.92 Å². The molecule has 0 aliphatic rings. The fraction of sp³-hybridized carbons (Fsp3) is 0.273. The summed E-state index contributed by atoms with van der Waals surface area (Å²) in [5.74, 6) is -0.186. The van der Waals surface area contributed by atoms with Crippen LogP contribution in [0.3, 0.4) is 0 Å². The number of amides is 1. The number of carbonyl (C=O) groups is 1. The number of hydrogen-bond acceptors (Lipinski definition) is 2. The number of benzene rings is 1. The van der Waals surface area contributed by atoms with Gasteiger partial charge in [0.2, 0.25) is 5.91 Å². The van der Waals surface area contributed by atoms with E-state index in [0.29, 0.717) is 21.2 Å². The number of imidazole rings is 1. The molecule has 0 saturated heterocycles. The number of nitrogens with one attached hydrogen (secondary N) is 3. The maximum atomic E-state index is 11.7. The van der Waals surface area contributed by atoms with E-state index in [1.54, 1.807) is 19.1 Å². The Morgan fingerprint density at radius 2 is 2.06 bits per heavy atom. The highest BCUT2D eigenvalue weighted by Gasteiger charge is 2.14. The molecule has 1 aromatic carbocycles. The van der Waals surface area contributed by atoms with Gasteiger partial charge in [-0.15, -0.1) is 11.6 Å². The van der Waals surface area contributed by atoms with Crippen molar-refractivity contribution in [3.63, 3.8) is 0 Å². The number of H-pyrrole nitrogens is 2. The fourth-order valence-corrected chi connectivity index (χ4v) is 2.06. The molecule has 7 heteroatoms. The van der Waals surface area contributed by atoms with Gasteiger partial charge in [0.25, 0.3) is 0 Å². The van der Waals surface area contributed by atoms with E-state index in [-0.39, 0.29) is 23.4 Å². The number of anilines is 1. The minimum absolute atomic E-state index is 0.164. The molecule has 5 nitrogen and oxygen atoms in total. The summed E-state index contributed by atoms with van der Waals surface area (Å²) in [6.07, 6.45) is 0. The standard InChI is InChI=1S/C11H11BrClN3O2/c1-5(4-13)10(17)14-7-3-9-8(2-6(7)12)15-11(18)16-9/h2-3,5H,4H2,1H3,(H,14,17)(H2,15,16,18). The van der Waals surface area contributed by atoms with Crippen LogP contribution in [-0.2, 0) is 4.79 Å². The van der Waals surface area contributed by atoms with Gasteiger partial charge in [0.05, 0.1) is 16.7 Å². The van der Waals surface area contributed by atoms with E-state index in [1.165, 1.54) is 0 Å². The normalized spacial score (nSPS) is 12.6. The van der Waals surface area contributed by atoms with Crippen LogP contribution in [0.5, 0.6) is 0 Å². The molecule has 1 heterocycles. The van der Waals surface area contributed by atoms with E-state index in [1.807, 2.05) is 0 Å². The Balaban J connectivity index is 2.36. The van der Waals surface area contributed by atoms with Crippen LogP contribution < -0.4 is 11.0 Å². The van der Waals surface area contributed by atoms with Gasteiger partial charge < -0.3 is 15.3 Å². The van der Waals surface area contributed by atoms with Crippen molar-refractivity contribution in [3.05, 3.63) is 27.1 Å². The molecule has 18 heavy (non-hydrogen) atoms. The first-order valence-electron chi connectivity index (χ1n) is 5.29. The topological polar surface area (TPSA) is 77.8 Å². The minimum atomic E-state index is -0.283. The fourth-order valence-electron chi connectivity index (χ4n) is 1.48. The molecule has 0 fully saturated rings. The summed E-state index contributed by atoms with van der Waals surface area (Å²) in [5.41, 5.74) is 1.63. The lowest BCUT2D eigenvalue weighted by atomic mass is 10.2. The Hall–Kier alpha value is -1.27. The monoisotopic (exact) mass is 331 g/mol. The van der Waals surface area contributed by atoms with Crippen molar-refractivity contribution < 1.29 is 4.79 Å². The SMILES string of the molecule is CC(CCl)C(=O)Nc1cc2[nH]c(=O)[nH]c2cc1Br. The maximum absolute atomic E-state index is 11.7. The maximum Gasteiger partial charge on any atom is 0.323 e. The third kappa shape index (κ3) is 2.59. The van der Waals surface area contributed by atoms with Gasteiger partial charge >= 0.3 is 5.69 Å². The van der Waals surface area contributed by atoms with Crippen molar-refractivity contribution in [1.82, 2.24) is 9.97 Å². The quantitative estimate of drug-likeness (QED) is 0.755. The molecule has 0 saturated carbocycles. The number of rotatable bonds is 3. The zero-order valence-electron chi connectivity index (χ0n) is 9.51. The van der Waals surface area contributed by atoms with Crippen LogP contribution in [0.25, 0.3) is 11.0 Å². The molecule has 0 radical (unpaired) electrons. The molecular weight excluding hydrogens is 321 g/mol. The van der Waals surface area contributed by atoms with Gasteiger partial charge in [-0.3, -0.25) is 4.79 Å². The Kier molecular flexibility index (Phi) is 3.77.